The standard InChI is InChI=1S/C14H17N3O/c1-10-6-8-11(9-7-10)13-16-14(18-17-13)15-12-4-2-3-5-12/h6-9,12H,2-5H2,1H3,(H,15,16,17). The van der Waals surface area contributed by atoms with Crippen LogP contribution in [-0.4, -0.2) is 16.2 Å². The lowest BCUT2D eigenvalue weighted by atomic mass is 10.1. The maximum atomic E-state index is 5.24. The van der Waals surface area contributed by atoms with Crippen molar-refractivity contribution in [2.45, 2.75) is 38.6 Å². The van der Waals surface area contributed by atoms with Gasteiger partial charge >= 0.3 is 6.01 Å². The van der Waals surface area contributed by atoms with Gasteiger partial charge in [0.15, 0.2) is 0 Å². The van der Waals surface area contributed by atoms with Crippen molar-refractivity contribution in [1.29, 1.82) is 0 Å². The predicted octanol–water partition coefficient (Wildman–Crippen LogP) is 3.40. The van der Waals surface area contributed by atoms with E-state index in [0.717, 1.165) is 5.56 Å². The van der Waals surface area contributed by atoms with Gasteiger partial charge in [0.2, 0.25) is 5.82 Å². The van der Waals surface area contributed by atoms with Crippen molar-refractivity contribution >= 4 is 6.01 Å². The SMILES string of the molecule is Cc1ccc(-c2noc(NC3CCCC3)n2)cc1. The molecule has 1 aliphatic rings. The monoisotopic (exact) mass is 243 g/mol. The van der Waals surface area contributed by atoms with Gasteiger partial charge in [-0.1, -0.05) is 47.8 Å². The Labute approximate surface area is 106 Å². The summed E-state index contributed by atoms with van der Waals surface area (Å²) in [7, 11) is 0. The summed E-state index contributed by atoms with van der Waals surface area (Å²) in [4.78, 5) is 4.38. The van der Waals surface area contributed by atoms with Gasteiger partial charge in [0, 0.05) is 11.6 Å². The Morgan fingerprint density at radius 2 is 1.89 bits per heavy atom. The fourth-order valence-electron chi connectivity index (χ4n) is 2.35. The van der Waals surface area contributed by atoms with Gasteiger partial charge in [0.1, 0.15) is 0 Å². The number of rotatable bonds is 3. The van der Waals surface area contributed by atoms with Gasteiger partial charge < -0.3 is 9.84 Å². The Bertz CT molecular complexity index is 512. The molecule has 4 heteroatoms. The van der Waals surface area contributed by atoms with Crippen molar-refractivity contribution in [2.75, 3.05) is 5.32 Å². The van der Waals surface area contributed by atoms with Crippen molar-refractivity contribution in [3.05, 3.63) is 29.8 Å². The van der Waals surface area contributed by atoms with Crippen LogP contribution < -0.4 is 5.32 Å². The average molecular weight is 243 g/mol. The molecule has 1 aliphatic carbocycles. The van der Waals surface area contributed by atoms with Crippen molar-refractivity contribution < 1.29 is 4.52 Å². The third-order valence-electron chi connectivity index (χ3n) is 3.42. The van der Waals surface area contributed by atoms with E-state index in [1.54, 1.807) is 0 Å². The van der Waals surface area contributed by atoms with E-state index in [0.29, 0.717) is 17.9 Å². The van der Waals surface area contributed by atoms with E-state index in [1.807, 2.05) is 12.1 Å². The van der Waals surface area contributed by atoms with Crippen LogP contribution >= 0.6 is 0 Å². The van der Waals surface area contributed by atoms with Gasteiger partial charge in [0.05, 0.1) is 0 Å². The van der Waals surface area contributed by atoms with E-state index in [-0.39, 0.29) is 0 Å². The normalized spacial score (nSPS) is 16.1. The number of nitrogens with zero attached hydrogens (tertiary/aromatic N) is 2. The number of aryl methyl sites for hydroxylation is 1. The Hall–Kier alpha value is -1.84. The van der Waals surface area contributed by atoms with Crippen molar-refractivity contribution in [3.63, 3.8) is 0 Å². The molecule has 3 rings (SSSR count). The highest BCUT2D eigenvalue weighted by Crippen LogP contribution is 2.23. The molecule has 0 unspecified atom stereocenters. The molecule has 94 valence electrons. The molecule has 1 aromatic carbocycles. The zero-order chi connectivity index (χ0) is 12.4. The quantitative estimate of drug-likeness (QED) is 0.897. The molecular weight excluding hydrogens is 226 g/mol. The molecule has 0 atom stereocenters. The molecule has 0 spiro atoms. The molecule has 1 saturated carbocycles. The topological polar surface area (TPSA) is 51.0 Å². The molecule has 1 fully saturated rings. The second kappa shape index (κ2) is 4.80. The fourth-order valence-corrected chi connectivity index (χ4v) is 2.35. The summed E-state index contributed by atoms with van der Waals surface area (Å²) in [5, 5.41) is 7.31. The van der Waals surface area contributed by atoms with Gasteiger partial charge in [-0.05, 0) is 19.8 Å². The lowest BCUT2D eigenvalue weighted by molar-refractivity contribution is 0.427. The molecule has 1 N–H and O–H groups in total. The number of hydrogen-bond acceptors (Lipinski definition) is 4. The number of benzene rings is 1. The molecule has 4 nitrogen and oxygen atoms in total. The Morgan fingerprint density at radius 1 is 1.17 bits per heavy atom. The van der Waals surface area contributed by atoms with Crippen LogP contribution in [0, 0.1) is 6.92 Å². The van der Waals surface area contributed by atoms with E-state index in [4.69, 9.17) is 4.52 Å². The fraction of sp³-hybridized carbons (Fsp3) is 0.429. The van der Waals surface area contributed by atoms with Crippen LogP contribution in [0.15, 0.2) is 28.8 Å². The average Bonchev–Trinajstić information content (AvgIpc) is 3.02. The molecule has 0 saturated heterocycles. The van der Waals surface area contributed by atoms with Crippen LogP contribution in [0.1, 0.15) is 31.2 Å². The molecule has 0 bridgehead atoms. The van der Waals surface area contributed by atoms with E-state index >= 15 is 0 Å². The first-order valence-corrected chi connectivity index (χ1v) is 6.48. The van der Waals surface area contributed by atoms with Gasteiger partial charge in [-0.2, -0.15) is 4.98 Å². The zero-order valence-electron chi connectivity index (χ0n) is 10.5. The van der Waals surface area contributed by atoms with E-state index in [1.165, 1.54) is 31.2 Å². The number of aromatic nitrogens is 2. The lowest BCUT2D eigenvalue weighted by Crippen LogP contribution is -2.14. The maximum absolute atomic E-state index is 5.24. The van der Waals surface area contributed by atoms with Crippen molar-refractivity contribution in [3.8, 4) is 11.4 Å². The van der Waals surface area contributed by atoms with Crippen LogP contribution in [0.3, 0.4) is 0 Å². The van der Waals surface area contributed by atoms with Gasteiger partial charge in [-0.25, -0.2) is 0 Å². The smallest absolute Gasteiger partial charge is 0.322 e. The maximum Gasteiger partial charge on any atom is 0.322 e. The zero-order valence-corrected chi connectivity index (χ0v) is 10.5. The molecule has 1 aromatic heterocycles. The summed E-state index contributed by atoms with van der Waals surface area (Å²) in [6.45, 7) is 2.06. The van der Waals surface area contributed by atoms with E-state index < -0.39 is 0 Å². The highest BCUT2D eigenvalue weighted by molar-refractivity contribution is 5.55. The molecule has 0 aliphatic heterocycles. The number of nitrogens with one attached hydrogen (secondary N) is 1. The molecule has 0 radical (unpaired) electrons. The third kappa shape index (κ3) is 2.37. The third-order valence-corrected chi connectivity index (χ3v) is 3.42. The van der Waals surface area contributed by atoms with Crippen molar-refractivity contribution in [2.24, 2.45) is 0 Å². The first kappa shape index (κ1) is 11.3. The Morgan fingerprint density at radius 3 is 2.61 bits per heavy atom. The first-order valence-electron chi connectivity index (χ1n) is 6.48. The molecule has 0 amide bonds. The summed E-state index contributed by atoms with van der Waals surface area (Å²) < 4.78 is 5.24. The highest BCUT2D eigenvalue weighted by Gasteiger charge is 2.17. The second-order valence-electron chi connectivity index (χ2n) is 4.91. The summed E-state index contributed by atoms with van der Waals surface area (Å²) in [5.41, 5.74) is 2.22. The molecule has 1 heterocycles. The summed E-state index contributed by atoms with van der Waals surface area (Å²) in [5.74, 6) is 0.649. The summed E-state index contributed by atoms with van der Waals surface area (Å²) in [6, 6.07) is 9.17. The predicted molar refractivity (Wildman–Crippen MR) is 70.3 cm³/mol. The van der Waals surface area contributed by atoms with Crippen LogP contribution in [0.2, 0.25) is 0 Å². The second-order valence-corrected chi connectivity index (χ2v) is 4.91. The van der Waals surface area contributed by atoms with Gasteiger partial charge in [-0.15, -0.1) is 0 Å². The van der Waals surface area contributed by atoms with E-state index in [2.05, 4.69) is 34.5 Å². The minimum Gasteiger partial charge on any atom is -0.335 e. The Kier molecular flexibility index (Phi) is 3.00. The van der Waals surface area contributed by atoms with Gasteiger partial charge in [-0.3, -0.25) is 0 Å². The molecular formula is C14H17N3O. The minimum atomic E-state index is 0.497. The number of anilines is 1. The van der Waals surface area contributed by atoms with Crippen LogP contribution in [0.5, 0.6) is 0 Å². The first-order chi connectivity index (χ1) is 8.81. The summed E-state index contributed by atoms with van der Waals surface area (Å²) >= 11 is 0. The highest BCUT2D eigenvalue weighted by atomic mass is 16.5. The van der Waals surface area contributed by atoms with Crippen LogP contribution in [-0.2, 0) is 0 Å². The van der Waals surface area contributed by atoms with Crippen LogP contribution in [0.25, 0.3) is 11.4 Å². The molecule has 18 heavy (non-hydrogen) atoms. The van der Waals surface area contributed by atoms with E-state index in [9.17, 15) is 0 Å². The largest absolute Gasteiger partial charge is 0.335 e. The van der Waals surface area contributed by atoms with Crippen LogP contribution in [0.4, 0.5) is 6.01 Å². The van der Waals surface area contributed by atoms with Crippen molar-refractivity contribution in [1.82, 2.24) is 10.1 Å². The Balaban J connectivity index is 1.74. The van der Waals surface area contributed by atoms with Gasteiger partial charge in [0.25, 0.3) is 0 Å². The minimum absolute atomic E-state index is 0.497. The lowest BCUT2D eigenvalue weighted by Gasteiger charge is -2.07. The number of hydrogen-bond donors (Lipinski definition) is 1. The molecule has 2 aromatic rings. The summed E-state index contributed by atoms with van der Waals surface area (Å²) in [6.07, 6.45) is 4.97.